The number of halogens is 1. The fraction of sp³-hybridized carbons (Fsp3) is 0.538. The molecule has 1 aliphatic rings. The molecule has 0 spiro atoms. The monoisotopic (exact) mass is 222 g/mol. The standard InChI is InChI=1S/C13H19FN2/c1-10(2)16-8-7-13(9-16)15-12-5-3-11(14)4-6-12/h3-6,10,13,15H,7-9H2,1-2H3. The van der Waals surface area contributed by atoms with Crippen LogP contribution in [0.5, 0.6) is 0 Å². The van der Waals surface area contributed by atoms with Gasteiger partial charge in [-0.2, -0.15) is 0 Å². The van der Waals surface area contributed by atoms with Gasteiger partial charge < -0.3 is 5.32 Å². The lowest BCUT2D eigenvalue weighted by molar-refractivity contribution is 0.274. The zero-order chi connectivity index (χ0) is 11.5. The molecule has 0 bridgehead atoms. The highest BCUT2D eigenvalue weighted by Gasteiger charge is 2.23. The summed E-state index contributed by atoms with van der Waals surface area (Å²) in [6.45, 7) is 6.67. The lowest BCUT2D eigenvalue weighted by Crippen LogP contribution is -2.31. The van der Waals surface area contributed by atoms with E-state index < -0.39 is 0 Å². The minimum atomic E-state index is -0.180. The number of hydrogen-bond acceptors (Lipinski definition) is 2. The summed E-state index contributed by atoms with van der Waals surface area (Å²) in [7, 11) is 0. The SMILES string of the molecule is CC(C)N1CCC(Nc2ccc(F)cc2)C1. The van der Waals surface area contributed by atoms with E-state index in [-0.39, 0.29) is 5.82 Å². The van der Waals surface area contributed by atoms with Gasteiger partial charge in [-0.15, -0.1) is 0 Å². The fourth-order valence-electron chi connectivity index (χ4n) is 2.16. The molecule has 2 nitrogen and oxygen atoms in total. The van der Waals surface area contributed by atoms with Crippen molar-refractivity contribution in [2.75, 3.05) is 18.4 Å². The maximum absolute atomic E-state index is 12.7. The highest BCUT2D eigenvalue weighted by atomic mass is 19.1. The molecule has 16 heavy (non-hydrogen) atoms. The normalized spacial score (nSPS) is 21.6. The number of nitrogens with zero attached hydrogens (tertiary/aromatic N) is 1. The number of nitrogens with one attached hydrogen (secondary N) is 1. The van der Waals surface area contributed by atoms with Crippen LogP contribution < -0.4 is 5.32 Å². The minimum absolute atomic E-state index is 0.180. The minimum Gasteiger partial charge on any atom is -0.381 e. The predicted molar refractivity (Wildman–Crippen MR) is 65.1 cm³/mol. The molecule has 1 heterocycles. The molecule has 3 heteroatoms. The summed E-state index contributed by atoms with van der Waals surface area (Å²) in [4.78, 5) is 2.46. The Kier molecular flexibility index (Phi) is 3.44. The third-order valence-corrected chi connectivity index (χ3v) is 3.16. The Morgan fingerprint density at radius 2 is 2.00 bits per heavy atom. The van der Waals surface area contributed by atoms with Gasteiger partial charge >= 0.3 is 0 Å². The average molecular weight is 222 g/mol. The molecule has 88 valence electrons. The van der Waals surface area contributed by atoms with Crippen LogP contribution in [0.25, 0.3) is 0 Å². The van der Waals surface area contributed by atoms with Gasteiger partial charge in [-0.25, -0.2) is 4.39 Å². The Morgan fingerprint density at radius 1 is 1.31 bits per heavy atom. The summed E-state index contributed by atoms with van der Waals surface area (Å²) >= 11 is 0. The first-order valence-corrected chi connectivity index (χ1v) is 5.91. The van der Waals surface area contributed by atoms with Crippen LogP contribution in [0.15, 0.2) is 24.3 Å². The summed E-state index contributed by atoms with van der Waals surface area (Å²) < 4.78 is 12.7. The number of benzene rings is 1. The topological polar surface area (TPSA) is 15.3 Å². The molecule has 1 atom stereocenters. The molecule has 0 radical (unpaired) electrons. The molecular weight excluding hydrogens is 203 g/mol. The Hall–Kier alpha value is -1.09. The van der Waals surface area contributed by atoms with Crippen LogP contribution in [0.2, 0.25) is 0 Å². The van der Waals surface area contributed by atoms with Crippen LogP contribution in [0.1, 0.15) is 20.3 Å². The van der Waals surface area contributed by atoms with E-state index >= 15 is 0 Å². The number of anilines is 1. The van der Waals surface area contributed by atoms with Crippen molar-refractivity contribution in [2.24, 2.45) is 0 Å². The Bertz CT molecular complexity index is 334. The molecular formula is C13H19FN2. The Morgan fingerprint density at radius 3 is 2.56 bits per heavy atom. The summed E-state index contributed by atoms with van der Waals surface area (Å²) in [6, 6.07) is 7.70. The van der Waals surface area contributed by atoms with Gasteiger partial charge in [0.1, 0.15) is 5.82 Å². The van der Waals surface area contributed by atoms with Crippen molar-refractivity contribution >= 4 is 5.69 Å². The van der Waals surface area contributed by atoms with Crippen molar-refractivity contribution in [1.82, 2.24) is 4.90 Å². The van der Waals surface area contributed by atoms with Crippen LogP contribution in [-0.4, -0.2) is 30.1 Å². The maximum atomic E-state index is 12.7. The summed E-state index contributed by atoms with van der Waals surface area (Å²) in [5.41, 5.74) is 1.01. The first-order valence-electron chi connectivity index (χ1n) is 5.91. The zero-order valence-electron chi connectivity index (χ0n) is 9.91. The molecule has 1 aromatic carbocycles. The van der Waals surface area contributed by atoms with Crippen molar-refractivity contribution < 1.29 is 4.39 Å². The van der Waals surface area contributed by atoms with Crippen molar-refractivity contribution in [3.63, 3.8) is 0 Å². The molecule has 1 saturated heterocycles. The second-order valence-corrected chi connectivity index (χ2v) is 4.73. The second kappa shape index (κ2) is 4.83. The first-order chi connectivity index (χ1) is 7.65. The van der Waals surface area contributed by atoms with E-state index in [0.717, 1.165) is 25.2 Å². The highest BCUT2D eigenvalue weighted by molar-refractivity contribution is 5.44. The van der Waals surface area contributed by atoms with Gasteiger partial charge in [0.15, 0.2) is 0 Å². The lowest BCUT2D eigenvalue weighted by Gasteiger charge is -2.20. The average Bonchev–Trinajstić information content (AvgIpc) is 2.70. The van der Waals surface area contributed by atoms with Crippen molar-refractivity contribution in [2.45, 2.75) is 32.4 Å². The summed E-state index contributed by atoms with van der Waals surface area (Å²) in [5.74, 6) is -0.180. The molecule has 1 unspecified atom stereocenters. The van der Waals surface area contributed by atoms with E-state index in [2.05, 4.69) is 24.1 Å². The third kappa shape index (κ3) is 2.73. The summed E-state index contributed by atoms with van der Waals surface area (Å²) in [6.07, 6.45) is 1.16. The molecule has 0 saturated carbocycles. The van der Waals surface area contributed by atoms with Crippen LogP contribution in [-0.2, 0) is 0 Å². The lowest BCUT2D eigenvalue weighted by atomic mass is 10.2. The van der Waals surface area contributed by atoms with E-state index in [1.807, 2.05) is 0 Å². The van der Waals surface area contributed by atoms with Gasteiger partial charge in [0, 0.05) is 30.9 Å². The van der Waals surface area contributed by atoms with E-state index in [9.17, 15) is 4.39 Å². The molecule has 0 aromatic heterocycles. The van der Waals surface area contributed by atoms with E-state index in [4.69, 9.17) is 0 Å². The van der Waals surface area contributed by atoms with Gasteiger partial charge in [-0.1, -0.05) is 0 Å². The van der Waals surface area contributed by atoms with E-state index in [1.165, 1.54) is 12.1 Å². The van der Waals surface area contributed by atoms with Crippen molar-refractivity contribution in [3.8, 4) is 0 Å². The fourth-order valence-corrected chi connectivity index (χ4v) is 2.16. The molecule has 0 amide bonds. The van der Waals surface area contributed by atoms with Crippen molar-refractivity contribution in [1.29, 1.82) is 0 Å². The van der Waals surface area contributed by atoms with E-state index in [1.54, 1.807) is 12.1 Å². The van der Waals surface area contributed by atoms with Gasteiger partial charge in [0.25, 0.3) is 0 Å². The molecule has 1 aliphatic heterocycles. The quantitative estimate of drug-likeness (QED) is 0.846. The molecule has 1 N–H and O–H groups in total. The predicted octanol–water partition coefficient (Wildman–Crippen LogP) is 2.72. The number of likely N-dealkylation sites (tertiary alicyclic amines) is 1. The van der Waals surface area contributed by atoms with E-state index in [0.29, 0.717) is 12.1 Å². The van der Waals surface area contributed by atoms with Crippen LogP contribution in [0.4, 0.5) is 10.1 Å². The van der Waals surface area contributed by atoms with Crippen LogP contribution >= 0.6 is 0 Å². The molecule has 2 rings (SSSR count). The zero-order valence-corrected chi connectivity index (χ0v) is 9.91. The van der Waals surface area contributed by atoms with Crippen LogP contribution in [0.3, 0.4) is 0 Å². The van der Waals surface area contributed by atoms with Gasteiger partial charge in [0.05, 0.1) is 0 Å². The number of rotatable bonds is 3. The molecule has 1 fully saturated rings. The molecule has 0 aliphatic carbocycles. The number of hydrogen-bond donors (Lipinski definition) is 1. The second-order valence-electron chi connectivity index (χ2n) is 4.73. The smallest absolute Gasteiger partial charge is 0.123 e. The van der Waals surface area contributed by atoms with Crippen LogP contribution in [0, 0.1) is 5.82 Å². The largest absolute Gasteiger partial charge is 0.381 e. The third-order valence-electron chi connectivity index (χ3n) is 3.16. The van der Waals surface area contributed by atoms with Crippen molar-refractivity contribution in [3.05, 3.63) is 30.1 Å². The first kappa shape index (κ1) is 11.4. The van der Waals surface area contributed by atoms with Gasteiger partial charge in [0.2, 0.25) is 0 Å². The molecule has 1 aromatic rings. The maximum Gasteiger partial charge on any atom is 0.123 e. The van der Waals surface area contributed by atoms with Gasteiger partial charge in [-0.3, -0.25) is 4.90 Å². The summed E-state index contributed by atoms with van der Waals surface area (Å²) in [5, 5.41) is 3.44. The Balaban J connectivity index is 1.89. The van der Waals surface area contributed by atoms with Gasteiger partial charge in [-0.05, 0) is 44.5 Å². The Labute approximate surface area is 96.5 Å². The highest BCUT2D eigenvalue weighted by Crippen LogP contribution is 2.17.